The number of carbonyl (C=O) groups is 2. The molecule has 3 aromatic carbocycles. The minimum absolute atomic E-state index is 0.0473. The number of hydrogen-bond donors (Lipinski definition) is 1. The topological polar surface area (TPSA) is 80.2 Å². The number of aliphatic imine (C=N–C) groups is 1. The lowest BCUT2D eigenvalue weighted by atomic mass is 10.1. The van der Waals surface area contributed by atoms with Crippen LogP contribution in [-0.4, -0.2) is 47.4 Å². The molecule has 174 valence electrons. The highest BCUT2D eigenvalue weighted by atomic mass is 32.2. The van der Waals surface area contributed by atoms with Crippen LogP contribution in [0, 0.1) is 0 Å². The molecule has 3 aromatic rings. The van der Waals surface area contributed by atoms with Crippen molar-refractivity contribution in [1.82, 2.24) is 4.90 Å². The van der Waals surface area contributed by atoms with Crippen LogP contribution in [0.25, 0.3) is 10.8 Å². The van der Waals surface area contributed by atoms with Crippen LogP contribution in [0.1, 0.15) is 19.3 Å². The first-order valence-electron chi connectivity index (χ1n) is 11.2. The lowest BCUT2D eigenvalue weighted by molar-refractivity contribution is -0.128. The van der Waals surface area contributed by atoms with Crippen molar-refractivity contribution in [3.05, 3.63) is 60.7 Å². The summed E-state index contributed by atoms with van der Waals surface area (Å²) in [7, 11) is 3.10. The fraction of sp³-hybridized carbons (Fsp3) is 0.269. The number of thioether (sulfide) groups is 1. The Morgan fingerprint density at radius 2 is 1.82 bits per heavy atom. The first-order valence-corrected chi connectivity index (χ1v) is 12.0. The van der Waals surface area contributed by atoms with Gasteiger partial charge in [0, 0.05) is 29.6 Å². The first kappa shape index (κ1) is 22.3. The molecule has 8 heteroatoms. The number of rotatable bonds is 7. The maximum Gasteiger partial charge on any atom is 0.242 e. The minimum atomic E-state index is -0.505. The van der Waals surface area contributed by atoms with E-state index in [1.165, 1.54) is 11.8 Å². The lowest BCUT2D eigenvalue weighted by Crippen LogP contribution is -2.35. The fourth-order valence-electron chi connectivity index (χ4n) is 4.07. The average Bonchev–Trinajstić information content (AvgIpc) is 3.64. The van der Waals surface area contributed by atoms with Gasteiger partial charge in [-0.3, -0.25) is 14.5 Å². The number of nitrogens with zero attached hydrogens (tertiary/aromatic N) is 2. The van der Waals surface area contributed by atoms with Crippen molar-refractivity contribution >= 4 is 50.9 Å². The molecule has 2 amide bonds. The zero-order valence-corrected chi connectivity index (χ0v) is 19.8. The molecule has 1 saturated carbocycles. The molecule has 34 heavy (non-hydrogen) atoms. The number of methoxy groups -OCH3 is 2. The van der Waals surface area contributed by atoms with Gasteiger partial charge in [-0.25, -0.2) is 4.99 Å². The second-order valence-corrected chi connectivity index (χ2v) is 9.43. The molecule has 0 aromatic heterocycles. The van der Waals surface area contributed by atoms with E-state index in [9.17, 15) is 9.59 Å². The van der Waals surface area contributed by atoms with E-state index in [-0.39, 0.29) is 24.3 Å². The van der Waals surface area contributed by atoms with Crippen molar-refractivity contribution in [2.75, 3.05) is 19.5 Å². The number of ether oxygens (including phenoxy) is 2. The quantitative estimate of drug-likeness (QED) is 0.521. The van der Waals surface area contributed by atoms with Gasteiger partial charge in [0.2, 0.25) is 11.8 Å². The summed E-state index contributed by atoms with van der Waals surface area (Å²) in [5.74, 6) is 0.821. The van der Waals surface area contributed by atoms with Gasteiger partial charge in [0.25, 0.3) is 0 Å². The lowest BCUT2D eigenvalue weighted by Gasteiger charge is -2.15. The van der Waals surface area contributed by atoms with Crippen molar-refractivity contribution in [3.8, 4) is 11.5 Å². The number of amides is 2. The van der Waals surface area contributed by atoms with E-state index < -0.39 is 5.25 Å². The van der Waals surface area contributed by atoms with Crippen LogP contribution in [0.3, 0.4) is 0 Å². The van der Waals surface area contributed by atoms with Gasteiger partial charge in [0.1, 0.15) is 5.25 Å². The summed E-state index contributed by atoms with van der Waals surface area (Å²) in [6, 6.07) is 19.4. The minimum Gasteiger partial charge on any atom is -0.493 e. The number of nitrogens with one attached hydrogen (secondary N) is 1. The van der Waals surface area contributed by atoms with Crippen molar-refractivity contribution in [2.24, 2.45) is 4.99 Å². The molecule has 1 aliphatic carbocycles. The Labute approximate surface area is 202 Å². The highest BCUT2D eigenvalue weighted by Crippen LogP contribution is 2.40. The third-order valence-corrected chi connectivity index (χ3v) is 7.05. The number of hydrogen-bond acceptors (Lipinski definition) is 6. The predicted octanol–water partition coefficient (Wildman–Crippen LogP) is 4.98. The molecule has 1 saturated heterocycles. The Balaban J connectivity index is 1.35. The first-order chi connectivity index (χ1) is 16.6. The van der Waals surface area contributed by atoms with E-state index in [1.54, 1.807) is 37.3 Å². The predicted molar refractivity (Wildman–Crippen MR) is 135 cm³/mol. The van der Waals surface area contributed by atoms with Crippen LogP contribution in [0.5, 0.6) is 11.5 Å². The summed E-state index contributed by atoms with van der Waals surface area (Å²) in [5, 5.41) is 5.17. The van der Waals surface area contributed by atoms with Crippen LogP contribution in [0.4, 0.5) is 11.4 Å². The molecule has 0 bridgehead atoms. The van der Waals surface area contributed by atoms with E-state index in [1.807, 2.05) is 42.5 Å². The van der Waals surface area contributed by atoms with E-state index in [4.69, 9.17) is 14.5 Å². The van der Waals surface area contributed by atoms with Gasteiger partial charge in [-0.2, -0.15) is 0 Å². The Morgan fingerprint density at radius 3 is 2.59 bits per heavy atom. The van der Waals surface area contributed by atoms with Gasteiger partial charge in [0.05, 0.1) is 19.9 Å². The molecule has 0 radical (unpaired) electrons. The molecule has 2 aliphatic rings. The molecule has 1 heterocycles. The SMILES string of the molecule is COc1ccc(NC(=O)CC2SC(=Nc3cccc4ccccc34)N(C3CC3)C2=O)cc1OC. The standard InChI is InChI=1S/C26H25N3O4S/c1-32-21-13-10-17(14-22(21)33-2)27-24(30)15-23-25(31)29(18-11-12-18)26(34-23)28-20-9-5-7-16-6-3-4-8-19(16)20/h3-10,13-14,18,23H,11-12,15H2,1-2H3,(H,27,30). The normalized spacial score (nSPS) is 19.0. The second kappa shape index (κ2) is 9.38. The smallest absolute Gasteiger partial charge is 0.242 e. The third-order valence-electron chi connectivity index (χ3n) is 5.90. The Hall–Kier alpha value is -3.52. The summed E-state index contributed by atoms with van der Waals surface area (Å²) >= 11 is 1.37. The number of benzene rings is 3. The highest BCUT2D eigenvalue weighted by Gasteiger charge is 2.46. The Kier molecular flexibility index (Phi) is 6.15. The van der Waals surface area contributed by atoms with Gasteiger partial charge in [-0.05, 0) is 36.4 Å². The molecule has 0 spiro atoms. The van der Waals surface area contributed by atoms with Crippen molar-refractivity contribution < 1.29 is 19.1 Å². The van der Waals surface area contributed by atoms with Gasteiger partial charge in [0.15, 0.2) is 16.7 Å². The molecular weight excluding hydrogens is 450 g/mol. The Morgan fingerprint density at radius 1 is 1.06 bits per heavy atom. The number of amidine groups is 1. The van der Waals surface area contributed by atoms with Gasteiger partial charge in [-0.15, -0.1) is 0 Å². The molecule has 1 unspecified atom stereocenters. The molecular formula is C26H25N3O4S. The maximum atomic E-state index is 13.2. The molecule has 1 N–H and O–H groups in total. The van der Waals surface area contributed by atoms with Gasteiger partial charge >= 0.3 is 0 Å². The average molecular weight is 476 g/mol. The second-order valence-electron chi connectivity index (χ2n) is 8.26. The van der Waals surface area contributed by atoms with E-state index in [2.05, 4.69) is 5.32 Å². The Bertz CT molecular complexity index is 1280. The molecule has 7 nitrogen and oxygen atoms in total. The van der Waals surface area contributed by atoms with Crippen LogP contribution >= 0.6 is 11.8 Å². The summed E-state index contributed by atoms with van der Waals surface area (Å²) < 4.78 is 10.5. The summed E-state index contributed by atoms with van der Waals surface area (Å²) in [4.78, 5) is 32.7. The van der Waals surface area contributed by atoms with Crippen molar-refractivity contribution in [2.45, 2.75) is 30.6 Å². The third kappa shape index (κ3) is 4.46. The van der Waals surface area contributed by atoms with Crippen LogP contribution < -0.4 is 14.8 Å². The van der Waals surface area contributed by atoms with Crippen LogP contribution in [0.2, 0.25) is 0 Å². The maximum absolute atomic E-state index is 13.2. The monoisotopic (exact) mass is 475 g/mol. The van der Waals surface area contributed by atoms with E-state index in [0.29, 0.717) is 22.4 Å². The van der Waals surface area contributed by atoms with Crippen LogP contribution in [0.15, 0.2) is 65.7 Å². The number of fused-ring (bicyclic) bond motifs is 1. The van der Waals surface area contributed by atoms with Crippen molar-refractivity contribution in [1.29, 1.82) is 0 Å². The summed E-state index contributed by atoms with van der Waals surface area (Å²) in [5.41, 5.74) is 1.41. The van der Waals surface area contributed by atoms with E-state index >= 15 is 0 Å². The summed E-state index contributed by atoms with van der Waals surface area (Å²) in [6.07, 6.45) is 1.99. The fourth-order valence-corrected chi connectivity index (χ4v) is 5.27. The van der Waals surface area contributed by atoms with Gasteiger partial charge in [-0.1, -0.05) is 48.2 Å². The zero-order chi connectivity index (χ0) is 23.7. The largest absolute Gasteiger partial charge is 0.493 e. The van der Waals surface area contributed by atoms with Crippen LogP contribution in [-0.2, 0) is 9.59 Å². The molecule has 1 atom stereocenters. The zero-order valence-electron chi connectivity index (χ0n) is 19.0. The van der Waals surface area contributed by atoms with Crippen molar-refractivity contribution in [3.63, 3.8) is 0 Å². The molecule has 5 rings (SSSR count). The molecule has 2 fully saturated rings. The summed E-state index contributed by atoms with van der Waals surface area (Å²) in [6.45, 7) is 0. The molecule has 1 aliphatic heterocycles. The number of carbonyl (C=O) groups excluding carboxylic acids is 2. The van der Waals surface area contributed by atoms with Gasteiger partial charge < -0.3 is 14.8 Å². The highest BCUT2D eigenvalue weighted by molar-refractivity contribution is 8.15. The van der Waals surface area contributed by atoms with E-state index in [0.717, 1.165) is 29.3 Å². The number of anilines is 1.